The van der Waals surface area contributed by atoms with Crippen molar-refractivity contribution in [3.8, 4) is 11.5 Å². The third-order valence-electron chi connectivity index (χ3n) is 5.79. The van der Waals surface area contributed by atoms with Crippen LogP contribution in [0, 0.1) is 11.6 Å². The zero-order chi connectivity index (χ0) is 22.0. The lowest BCUT2D eigenvalue weighted by Gasteiger charge is -2.39. The molecule has 0 heterocycles. The number of halogens is 2. The van der Waals surface area contributed by atoms with Crippen molar-refractivity contribution in [1.82, 2.24) is 0 Å². The van der Waals surface area contributed by atoms with Gasteiger partial charge < -0.3 is 19.5 Å². The third kappa shape index (κ3) is 4.10. The van der Waals surface area contributed by atoms with E-state index in [0.717, 1.165) is 6.07 Å². The SMILES string of the molecule is O=P(c1ccccc1)(c1ccccc1)C1CCCC(Oc2cc(F)c(F)cc2O)[C@@H]1O. The van der Waals surface area contributed by atoms with Gasteiger partial charge >= 0.3 is 0 Å². The van der Waals surface area contributed by atoms with Crippen LogP contribution < -0.4 is 15.3 Å². The van der Waals surface area contributed by atoms with Gasteiger partial charge in [0.25, 0.3) is 0 Å². The van der Waals surface area contributed by atoms with Crippen LogP contribution in [0.15, 0.2) is 72.8 Å². The number of hydrogen-bond acceptors (Lipinski definition) is 4. The fraction of sp³-hybridized carbons (Fsp3) is 0.250. The molecule has 3 atom stereocenters. The molecule has 7 heteroatoms. The number of rotatable bonds is 5. The first-order chi connectivity index (χ1) is 14.9. The maximum atomic E-state index is 14.6. The van der Waals surface area contributed by atoms with Gasteiger partial charge in [0.15, 0.2) is 23.1 Å². The summed E-state index contributed by atoms with van der Waals surface area (Å²) in [6.45, 7) is 0. The molecule has 2 unspecified atom stereocenters. The monoisotopic (exact) mass is 444 g/mol. The van der Waals surface area contributed by atoms with Gasteiger partial charge in [-0.15, -0.1) is 0 Å². The van der Waals surface area contributed by atoms with Crippen LogP contribution in [-0.2, 0) is 4.57 Å². The number of phenolic OH excluding ortho intramolecular Hbond substituents is 1. The third-order valence-corrected chi connectivity index (χ3v) is 9.42. The van der Waals surface area contributed by atoms with Crippen molar-refractivity contribution in [2.45, 2.75) is 37.1 Å². The molecule has 0 spiro atoms. The second-order valence-electron chi connectivity index (χ2n) is 7.71. The van der Waals surface area contributed by atoms with E-state index in [2.05, 4.69) is 0 Å². The van der Waals surface area contributed by atoms with Crippen molar-refractivity contribution in [1.29, 1.82) is 0 Å². The van der Waals surface area contributed by atoms with Crippen LogP contribution >= 0.6 is 7.14 Å². The molecule has 0 saturated heterocycles. The van der Waals surface area contributed by atoms with Crippen molar-refractivity contribution >= 4 is 17.8 Å². The number of ether oxygens (including phenoxy) is 1. The second kappa shape index (κ2) is 8.81. The maximum absolute atomic E-state index is 14.6. The smallest absolute Gasteiger partial charge is 0.164 e. The highest BCUT2D eigenvalue weighted by Gasteiger charge is 2.46. The van der Waals surface area contributed by atoms with Crippen LogP contribution in [0.4, 0.5) is 8.78 Å². The molecule has 4 rings (SSSR count). The minimum atomic E-state index is -3.25. The molecule has 0 radical (unpaired) electrons. The number of aromatic hydroxyl groups is 1. The molecule has 3 aromatic carbocycles. The van der Waals surface area contributed by atoms with E-state index >= 15 is 0 Å². The van der Waals surface area contributed by atoms with Gasteiger partial charge in [-0.3, -0.25) is 0 Å². The molecule has 0 bridgehead atoms. The largest absolute Gasteiger partial charge is 0.504 e. The highest BCUT2D eigenvalue weighted by Crippen LogP contribution is 2.54. The Labute approximate surface area is 179 Å². The standard InChI is InChI=1S/C24H23F2O4P/c25-18-14-20(27)22(15-19(18)26)30-21-12-7-13-23(24(21)28)31(29,16-8-3-1-4-9-16)17-10-5-2-6-11-17/h1-6,8-11,14-15,21,23-24,27-28H,7,12-13H2/t21?,23?,24-/m0/s1. The fourth-order valence-electron chi connectivity index (χ4n) is 4.25. The number of aliphatic hydroxyl groups is 1. The molecular formula is C24H23F2O4P. The average molecular weight is 444 g/mol. The summed E-state index contributed by atoms with van der Waals surface area (Å²) < 4.78 is 47.3. The summed E-state index contributed by atoms with van der Waals surface area (Å²) in [5.41, 5.74) is -0.622. The molecule has 2 N–H and O–H groups in total. The first-order valence-electron chi connectivity index (χ1n) is 10.1. The molecule has 0 aromatic heterocycles. The fourth-order valence-corrected chi connectivity index (χ4v) is 7.71. The topological polar surface area (TPSA) is 66.8 Å². The number of hydrogen-bond donors (Lipinski definition) is 2. The van der Waals surface area contributed by atoms with Crippen LogP contribution in [0.3, 0.4) is 0 Å². The lowest BCUT2D eigenvalue weighted by Crippen LogP contribution is -2.47. The predicted octanol–water partition coefficient (Wildman–Crippen LogP) is 4.35. The Hall–Kier alpha value is -2.69. The van der Waals surface area contributed by atoms with Gasteiger partial charge in [-0.25, -0.2) is 8.78 Å². The molecule has 1 fully saturated rings. The molecule has 162 valence electrons. The molecule has 0 aliphatic heterocycles. The van der Waals surface area contributed by atoms with E-state index in [0.29, 0.717) is 35.9 Å². The summed E-state index contributed by atoms with van der Waals surface area (Å²) in [7, 11) is -3.25. The van der Waals surface area contributed by atoms with Gasteiger partial charge in [-0.1, -0.05) is 60.7 Å². The predicted molar refractivity (Wildman–Crippen MR) is 116 cm³/mol. The summed E-state index contributed by atoms with van der Waals surface area (Å²) in [5.74, 6) is -3.15. The van der Waals surface area contributed by atoms with Gasteiger partial charge in [0.1, 0.15) is 19.3 Å². The van der Waals surface area contributed by atoms with Crippen LogP contribution in [0.2, 0.25) is 0 Å². The van der Waals surface area contributed by atoms with E-state index in [1.807, 2.05) is 36.4 Å². The van der Waals surface area contributed by atoms with Gasteiger partial charge in [-0.2, -0.15) is 0 Å². The second-order valence-corrected chi connectivity index (χ2v) is 10.7. The zero-order valence-electron chi connectivity index (χ0n) is 16.7. The minimum absolute atomic E-state index is 0.252. The van der Waals surface area contributed by atoms with Crippen LogP contribution in [0.1, 0.15) is 19.3 Å². The summed E-state index contributed by atoms with van der Waals surface area (Å²) in [6.07, 6.45) is -0.380. The van der Waals surface area contributed by atoms with Crippen molar-refractivity contribution in [3.63, 3.8) is 0 Å². The minimum Gasteiger partial charge on any atom is -0.504 e. The Morgan fingerprint density at radius 3 is 2.00 bits per heavy atom. The summed E-state index contributed by atoms with van der Waals surface area (Å²) >= 11 is 0. The highest BCUT2D eigenvalue weighted by atomic mass is 31.2. The van der Waals surface area contributed by atoms with E-state index < -0.39 is 42.4 Å². The highest BCUT2D eigenvalue weighted by molar-refractivity contribution is 7.79. The average Bonchev–Trinajstić information content (AvgIpc) is 2.79. The first kappa shape index (κ1) is 21.5. The van der Waals surface area contributed by atoms with Gasteiger partial charge in [0, 0.05) is 28.4 Å². The lowest BCUT2D eigenvalue weighted by atomic mass is 9.94. The van der Waals surface area contributed by atoms with Crippen molar-refractivity contribution in [2.75, 3.05) is 0 Å². The quantitative estimate of drug-likeness (QED) is 0.575. The molecule has 4 nitrogen and oxygen atoms in total. The lowest BCUT2D eigenvalue weighted by molar-refractivity contribution is 0.00808. The van der Waals surface area contributed by atoms with Crippen molar-refractivity contribution < 1.29 is 28.3 Å². The Morgan fingerprint density at radius 2 is 1.42 bits per heavy atom. The van der Waals surface area contributed by atoms with E-state index in [4.69, 9.17) is 4.74 Å². The van der Waals surface area contributed by atoms with E-state index in [9.17, 15) is 23.6 Å². The molecule has 31 heavy (non-hydrogen) atoms. The van der Waals surface area contributed by atoms with E-state index in [1.165, 1.54) is 0 Å². The molecule has 1 aliphatic rings. The van der Waals surface area contributed by atoms with Crippen LogP contribution in [-0.4, -0.2) is 28.1 Å². The Morgan fingerprint density at radius 1 is 0.871 bits per heavy atom. The molecule has 1 saturated carbocycles. The van der Waals surface area contributed by atoms with Gasteiger partial charge in [-0.05, 0) is 19.3 Å². The molecular weight excluding hydrogens is 421 g/mol. The normalized spacial score (nSPS) is 21.6. The molecule has 1 aliphatic carbocycles. The number of phenols is 1. The number of aliphatic hydroxyl groups excluding tert-OH is 1. The van der Waals surface area contributed by atoms with Crippen LogP contribution in [0.5, 0.6) is 11.5 Å². The van der Waals surface area contributed by atoms with E-state index in [-0.39, 0.29) is 5.75 Å². The molecule has 3 aromatic rings. The Kier molecular flexibility index (Phi) is 6.12. The zero-order valence-corrected chi connectivity index (χ0v) is 17.6. The summed E-state index contributed by atoms with van der Waals surface area (Å²) in [6, 6.07) is 19.5. The van der Waals surface area contributed by atoms with Crippen molar-refractivity contribution in [2.24, 2.45) is 0 Å². The van der Waals surface area contributed by atoms with E-state index in [1.54, 1.807) is 24.3 Å². The van der Waals surface area contributed by atoms with Gasteiger partial charge in [0.05, 0.1) is 0 Å². The summed E-state index contributed by atoms with van der Waals surface area (Å²) in [5, 5.41) is 22.4. The maximum Gasteiger partial charge on any atom is 0.164 e. The van der Waals surface area contributed by atoms with Crippen molar-refractivity contribution in [3.05, 3.63) is 84.4 Å². The number of benzene rings is 3. The Balaban J connectivity index is 1.70. The van der Waals surface area contributed by atoms with Crippen LogP contribution in [0.25, 0.3) is 0 Å². The molecule has 0 amide bonds. The Bertz CT molecular complexity index is 1050. The first-order valence-corrected chi connectivity index (χ1v) is 11.9. The van der Waals surface area contributed by atoms with Gasteiger partial charge in [0.2, 0.25) is 0 Å². The summed E-state index contributed by atoms with van der Waals surface area (Å²) in [4.78, 5) is 0.